The average molecular weight is 270 g/mol. The minimum atomic E-state index is -0.0633. The Kier molecular flexibility index (Phi) is 5.34. The van der Waals surface area contributed by atoms with E-state index in [0.717, 1.165) is 34.7 Å². The van der Waals surface area contributed by atoms with E-state index in [1.54, 1.807) is 6.07 Å². The van der Waals surface area contributed by atoms with Crippen LogP contribution in [0.5, 0.6) is 0 Å². The zero-order valence-electron chi connectivity index (χ0n) is 12.5. The second-order valence-corrected chi connectivity index (χ2v) is 5.36. The molecule has 0 heterocycles. The number of rotatable bonds is 6. The maximum Gasteiger partial charge on any atom is 0.127 e. The Hall–Kier alpha value is -1.63. The van der Waals surface area contributed by atoms with Crippen LogP contribution in [0.25, 0.3) is 16.8 Å². The van der Waals surface area contributed by atoms with Crippen molar-refractivity contribution >= 4 is 16.8 Å². The maximum absolute atomic E-state index is 14.1. The highest BCUT2D eigenvalue weighted by atomic mass is 19.1. The van der Waals surface area contributed by atoms with E-state index < -0.39 is 0 Å². The number of hydrogen-bond donors (Lipinski definition) is 0. The highest BCUT2D eigenvalue weighted by Gasteiger charge is 2.05. The zero-order chi connectivity index (χ0) is 14.4. The van der Waals surface area contributed by atoms with Crippen molar-refractivity contribution in [3.63, 3.8) is 0 Å². The van der Waals surface area contributed by atoms with Gasteiger partial charge in [-0.1, -0.05) is 50.5 Å². The van der Waals surface area contributed by atoms with Crippen LogP contribution in [0.2, 0.25) is 0 Å². The third kappa shape index (κ3) is 3.69. The van der Waals surface area contributed by atoms with Crippen LogP contribution in [-0.2, 0) is 6.42 Å². The van der Waals surface area contributed by atoms with Gasteiger partial charge in [-0.15, -0.1) is 0 Å². The average Bonchev–Trinajstić information content (AvgIpc) is 2.44. The summed E-state index contributed by atoms with van der Waals surface area (Å²) in [7, 11) is 0. The molecule has 2 aromatic carbocycles. The van der Waals surface area contributed by atoms with Crippen LogP contribution < -0.4 is 0 Å². The summed E-state index contributed by atoms with van der Waals surface area (Å²) in [4.78, 5) is 0. The van der Waals surface area contributed by atoms with Crippen LogP contribution in [0.1, 0.15) is 50.7 Å². The molecule has 0 aliphatic carbocycles. The van der Waals surface area contributed by atoms with Gasteiger partial charge < -0.3 is 0 Å². The largest absolute Gasteiger partial charge is 0.207 e. The molecular formula is C19H23F. The normalized spacial score (nSPS) is 11.6. The van der Waals surface area contributed by atoms with E-state index in [1.165, 1.54) is 19.3 Å². The Morgan fingerprint density at radius 1 is 1.00 bits per heavy atom. The first-order valence-corrected chi connectivity index (χ1v) is 7.59. The second-order valence-electron chi connectivity index (χ2n) is 5.36. The molecule has 0 fully saturated rings. The molecule has 20 heavy (non-hydrogen) atoms. The fourth-order valence-corrected chi connectivity index (χ4v) is 2.57. The van der Waals surface area contributed by atoms with E-state index >= 15 is 0 Å². The fourth-order valence-electron chi connectivity index (χ4n) is 2.57. The summed E-state index contributed by atoms with van der Waals surface area (Å²) < 4.78 is 14.1. The van der Waals surface area contributed by atoms with Crippen LogP contribution in [-0.4, -0.2) is 0 Å². The number of hydrogen-bond acceptors (Lipinski definition) is 0. The second kappa shape index (κ2) is 7.23. The van der Waals surface area contributed by atoms with Crippen molar-refractivity contribution in [1.29, 1.82) is 0 Å². The van der Waals surface area contributed by atoms with Crippen molar-refractivity contribution in [1.82, 2.24) is 0 Å². The predicted molar refractivity (Wildman–Crippen MR) is 86.5 cm³/mol. The molecule has 2 rings (SSSR count). The molecule has 0 aliphatic heterocycles. The summed E-state index contributed by atoms with van der Waals surface area (Å²) >= 11 is 0. The van der Waals surface area contributed by atoms with Gasteiger partial charge in [-0.3, -0.25) is 0 Å². The lowest BCUT2D eigenvalue weighted by Gasteiger charge is -2.07. The van der Waals surface area contributed by atoms with Crippen molar-refractivity contribution in [3.05, 3.63) is 53.4 Å². The third-order valence-corrected chi connectivity index (χ3v) is 3.69. The van der Waals surface area contributed by atoms with E-state index in [4.69, 9.17) is 0 Å². The lowest BCUT2D eigenvalue weighted by atomic mass is 10.00. The van der Waals surface area contributed by atoms with Gasteiger partial charge in [0.05, 0.1) is 0 Å². The summed E-state index contributed by atoms with van der Waals surface area (Å²) in [5.74, 6) is -0.0633. The maximum atomic E-state index is 14.1. The lowest BCUT2D eigenvalue weighted by Crippen LogP contribution is -1.92. The first kappa shape index (κ1) is 14.8. The standard InChI is InChI=1S/C19H23F/c1-3-5-6-7-9-17-13-16-11-10-15(8-4-2)12-18(16)14-19(17)20/h4,8,10-14H,3,5-7,9H2,1-2H3. The van der Waals surface area contributed by atoms with Crippen molar-refractivity contribution in [2.75, 3.05) is 0 Å². The third-order valence-electron chi connectivity index (χ3n) is 3.69. The number of benzene rings is 2. The molecule has 0 saturated heterocycles. The molecule has 0 nitrogen and oxygen atoms in total. The Bertz CT molecular complexity index is 596. The van der Waals surface area contributed by atoms with Crippen molar-refractivity contribution in [2.24, 2.45) is 0 Å². The van der Waals surface area contributed by atoms with Gasteiger partial charge in [0.1, 0.15) is 5.82 Å². The summed E-state index contributed by atoms with van der Waals surface area (Å²) in [6.45, 7) is 4.18. The Morgan fingerprint density at radius 2 is 1.85 bits per heavy atom. The number of unbranched alkanes of at least 4 members (excludes halogenated alkanes) is 3. The molecule has 0 atom stereocenters. The van der Waals surface area contributed by atoms with Crippen molar-refractivity contribution < 1.29 is 4.39 Å². The molecule has 0 aliphatic rings. The number of allylic oxidation sites excluding steroid dienone is 1. The van der Waals surface area contributed by atoms with Gasteiger partial charge in [-0.25, -0.2) is 4.39 Å². The first-order valence-electron chi connectivity index (χ1n) is 7.59. The first-order chi connectivity index (χ1) is 9.74. The fraction of sp³-hybridized carbons (Fsp3) is 0.368. The molecule has 0 aromatic heterocycles. The van der Waals surface area contributed by atoms with E-state index in [2.05, 4.69) is 19.1 Å². The monoisotopic (exact) mass is 270 g/mol. The molecule has 0 saturated carbocycles. The Labute approximate surface area is 121 Å². The molecule has 2 aromatic rings. The molecule has 0 radical (unpaired) electrons. The van der Waals surface area contributed by atoms with Crippen LogP contribution in [0.15, 0.2) is 36.4 Å². The van der Waals surface area contributed by atoms with Crippen molar-refractivity contribution in [2.45, 2.75) is 46.0 Å². The van der Waals surface area contributed by atoms with E-state index in [-0.39, 0.29) is 5.82 Å². The molecule has 0 spiro atoms. The molecule has 106 valence electrons. The molecule has 0 bridgehead atoms. The molecule has 1 heteroatoms. The Balaban J connectivity index is 2.21. The lowest BCUT2D eigenvalue weighted by molar-refractivity contribution is 0.595. The SMILES string of the molecule is CC=Cc1ccc2cc(CCCCCC)c(F)cc2c1. The molecule has 0 unspecified atom stereocenters. The van der Waals surface area contributed by atoms with Gasteiger partial charge in [-0.2, -0.15) is 0 Å². The smallest absolute Gasteiger partial charge is 0.127 e. The predicted octanol–water partition coefficient (Wildman–Crippen LogP) is 6.13. The van der Waals surface area contributed by atoms with Crippen molar-refractivity contribution in [3.8, 4) is 0 Å². The van der Waals surface area contributed by atoms with E-state index in [0.29, 0.717) is 0 Å². The van der Waals surface area contributed by atoms with Gasteiger partial charge in [-0.05, 0) is 59.9 Å². The summed E-state index contributed by atoms with van der Waals surface area (Å²) in [6, 6.07) is 9.90. The molecular weight excluding hydrogens is 247 g/mol. The summed E-state index contributed by atoms with van der Waals surface area (Å²) in [6.07, 6.45) is 9.60. The van der Waals surface area contributed by atoms with Gasteiger partial charge in [0, 0.05) is 0 Å². The van der Waals surface area contributed by atoms with Gasteiger partial charge in [0.25, 0.3) is 0 Å². The van der Waals surface area contributed by atoms with Crippen LogP contribution in [0.3, 0.4) is 0 Å². The van der Waals surface area contributed by atoms with Gasteiger partial charge >= 0.3 is 0 Å². The van der Waals surface area contributed by atoms with Gasteiger partial charge in [0.2, 0.25) is 0 Å². The topological polar surface area (TPSA) is 0 Å². The minimum Gasteiger partial charge on any atom is -0.207 e. The number of aryl methyl sites for hydroxylation is 1. The van der Waals surface area contributed by atoms with E-state index in [9.17, 15) is 4.39 Å². The quantitative estimate of drug-likeness (QED) is 0.553. The zero-order valence-corrected chi connectivity index (χ0v) is 12.5. The number of halogens is 1. The summed E-state index contributed by atoms with van der Waals surface area (Å²) in [5, 5.41) is 2.11. The van der Waals surface area contributed by atoms with E-state index in [1.807, 2.05) is 31.2 Å². The Morgan fingerprint density at radius 3 is 2.60 bits per heavy atom. The van der Waals surface area contributed by atoms with Crippen LogP contribution in [0.4, 0.5) is 4.39 Å². The highest BCUT2D eigenvalue weighted by molar-refractivity contribution is 5.85. The van der Waals surface area contributed by atoms with Crippen LogP contribution in [0, 0.1) is 5.82 Å². The highest BCUT2D eigenvalue weighted by Crippen LogP contribution is 2.23. The molecule has 0 amide bonds. The van der Waals surface area contributed by atoms with Crippen LogP contribution >= 0.6 is 0 Å². The van der Waals surface area contributed by atoms with Gasteiger partial charge in [0.15, 0.2) is 0 Å². The molecule has 0 N–H and O–H groups in total. The minimum absolute atomic E-state index is 0.0633. The summed E-state index contributed by atoms with van der Waals surface area (Å²) in [5.41, 5.74) is 1.97. The number of fused-ring (bicyclic) bond motifs is 1.